The van der Waals surface area contributed by atoms with Crippen molar-refractivity contribution in [1.29, 1.82) is 0 Å². The van der Waals surface area contributed by atoms with Gasteiger partial charge in [0.1, 0.15) is 17.8 Å². The SMILES string of the molecule is COc1c(N2CCC(C(N)=O)CC2)c(F)cc2c(=O)c(C(=O)O)cn(CC(F)(F)F)c12. The Hall–Kier alpha value is -3.31. The zero-order chi connectivity index (χ0) is 23.1. The number of nitrogens with two attached hydrogens (primary N) is 1. The van der Waals surface area contributed by atoms with Crippen LogP contribution in [0.1, 0.15) is 23.2 Å². The van der Waals surface area contributed by atoms with Crippen LogP contribution in [0.4, 0.5) is 23.2 Å². The maximum absolute atomic E-state index is 15.1. The number of benzene rings is 1. The first kappa shape index (κ1) is 22.4. The Labute approximate surface area is 172 Å². The third kappa shape index (κ3) is 4.28. The second-order valence-electron chi connectivity index (χ2n) is 7.22. The number of carbonyl (C=O) groups is 2. The summed E-state index contributed by atoms with van der Waals surface area (Å²) < 4.78 is 60.3. The third-order valence-corrected chi connectivity index (χ3v) is 5.24. The summed E-state index contributed by atoms with van der Waals surface area (Å²) in [4.78, 5) is 36.8. The first-order valence-electron chi connectivity index (χ1n) is 9.22. The van der Waals surface area contributed by atoms with Gasteiger partial charge in [-0.1, -0.05) is 0 Å². The minimum Gasteiger partial charge on any atom is -0.492 e. The van der Waals surface area contributed by atoms with E-state index in [1.54, 1.807) is 0 Å². The summed E-state index contributed by atoms with van der Waals surface area (Å²) in [5, 5.41) is 8.66. The normalized spacial score (nSPS) is 15.3. The molecule has 0 aliphatic carbocycles. The van der Waals surface area contributed by atoms with Gasteiger partial charge in [-0.25, -0.2) is 9.18 Å². The number of aromatic carboxylic acids is 1. The molecular weight excluding hydrogens is 426 g/mol. The molecule has 1 amide bonds. The molecule has 3 rings (SSSR count). The number of amides is 1. The number of anilines is 1. The standard InChI is InChI=1S/C19H19F4N3O5/c1-31-16-13-10(15(27)11(18(29)30)7-26(13)8-19(21,22)23)6-12(20)14(16)25-4-2-9(3-5-25)17(24)28/h6-7,9H,2-5,8H2,1H3,(H2,24,28)(H,29,30). The molecule has 8 nitrogen and oxygen atoms in total. The predicted octanol–water partition coefficient (Wildman–Crippen LogP) is 2.11. The number of piperidine rings is 1. The molecule has 0 saturated carbocycles. The number of carboxylic acid groups (broad SMARTS) is 1. The molecule has 0 radical (unpaired) electrons. The highest BCUT2D eigenvalue weighted by atomic mass is 19.4. The van der Waals surface area contributed by atoms with Gasteiger partial charge in [-0.3, -0.25) is 9.59 Å². The second kappa shape index (κ2) is 8.08. The molecule has 0 bridgehead atoms. The van der Waals surface area contributed by atoms with Gasteiger partial charge in [0.2, 0.25) is 11.3 Å². The van der Waals surface area contributed by atoms with E-state index in [1.165, 1.54) is 4.90 Å². The van der Waals surface area contributed by atoms with Gasteiger partial charge in [-0.05, 0) is 18.9 Å². The molecule has 3 N–H and O–H groups in total. The van der Waals surface area contributed by atoms with Crippen molar-refractivity contribution in [3.8, 4) is 5.75 Å². The van der Waals surface area contributed by atoms with E-state index in [-0.39, 0.29) is 30.0 Å². The highest BCUT2D eigenvalue weighted by Crippen LogP contribution is 2.40. The maximum Gasteiger partial charge on any atom is 0.406 e. The second-order valence-corrected chi connectivity index (χ2v) is 7.22. The number of fused-ring (bicyclic) bond motifs is 1. The van der Waals surface area contributed by atoms with Gasteiger partial charge < -0.3 is 25.0 Å². The summed E-state index contributed by atoms with van der Waals surface area (Å²) in [6, 6.07) is 0.717. The van der Waals surface area contributed by atoms with Crippen LogP contribution in [0.2, 0.25) is 0 Å². The van der Waals surface area contributed by atoms with Gasteiger partial charge >= 0.3 is 12.1 Å². The van der Waals surface area contributed by atoms with Crippen LogP contribution in [0, 0.1) is 11.7 Å². The van der Waals surface area contributed by atoms with E-state index >= 15 is 4.39 Å². The van der Waals surface area contributed by atoms with E-state index in [0.29, 0.717) is 23.6 Å². The van der Waals surface area contributed by atoms with Crippen molar-refractivity contribution < 1.29 is 37.0 Å². The minimum atomic E-state index is -4.75. The van der Waals surface area contributed by atoms with Gasteiger partial charge in [0.25, 0.3) is 0 Å². The topological polar surface area (TPSA) is 115 Å². The van der Waals surface area contributed by atoms with Crippen LogP contribution in [-0.2, 0) is 11.3 Å². The smallest absolute Gasteiger partial charge is 0.406 e. The molecule has 168 valence electrons. The van der Waals surface area contributed by atoms with Crippen LogP contribution >= 0.6 is 0 Å². The van der Waals surface area contributed by atoms with Crippen LogP contribution in [0.15, 0.2) is 17.1 Å². The summed E-state index contributed by atoms with van der Waals surface area (Å²) >= 11 is 0. The number of hydrogen-bond acceptors (Lipinski definition) is 5. The summed E-state index contributed by atoms with van der Waals surface area (Å²) in [5.74, 6) is -3.93. The lowest BCUT2D eigenvalue weighted by atomic mass is 9.95. The van der Waals surface area contributed by atoms with E-state index in [2.05, 4.69) is 0 Å². The Morgan fingerprint density at radius 3 is 2.39 bits per heavy atom. The van der Waals surface area contributed by atoms with Crippen LogP contribution in [0.25, 0.3) is 10.9 Å². The van der Waals surface area contributed by atoms with Crippen molar-refractivity contribution in [1.82, 2.24) is 4.57 Å². The minimum absolute atomic E-state index is 0.170. The van der Waals surface area contributed by atoms with Gasteiger partial charge in [0, 0.05) is 25.2 Å². The van der Waals surface area contributed by atoms with Crippen molar-refractivity contribution in [3.63, 3.8) is 0 Å². The van der Waals surface area contributed by atoms with Crippen LogP contribution < -0.4 is 20.8 Å². The number of primary amides is 1. The molecule has 31 heavy (non-hydrogen) atoms. The fourth-order valence-corrected chi connectivity index (χ4v) is 3.83. The lowest BCUT2D eigenvalue weighted by molar-refractivity contribution is -0.140. The highest BCUT2D eigenvalue weighted by Gasteiger charge is 2.33. The zero-order valence-electron chi connectivity index (χ0n) is 16.3. The zero-order valence-corrected chi connectivity index (χ0v) is 16.3. The van der Waals surface area contributed by atoms with Crippen molar-refractivity contribution in [2.24, 2.45) is 11.7 Å². The Bertz CT molecular complexity index is 1100. The number of carbonyl (C=O) groups excluding carboxylic acids is 1. The number of alkyl halides is 3. The van der Waals surface area contributed by atoms with Crippen molar-refractivity contribution in [3.05, 3.63) is 33.9 Å². The van der Waals surface area contributed by atoms with Gasteiger partial charge in [0.05, 0.1) is 18.0 Å². The Morgan fingerprint density at radius 2 is 1.90 bits per heavy atom. The average molecular weight is 445 g/mol. The number of pyridine rings is 1. The first-order chi connectivity index (χ1) is 14.4. The third-order valence-electron chi connectivity index (χ3n) is 5.24. The molecule has 12 heteroatoms. The fourth-order valence-electron chi connectivity index (χ4n) is 3.83. The molecule has 0 unspecified atom stereocenters. The Balaban J connectivity index is 2.27. The molecule has 2 aromatic rings. The number of hydrogen-bond donors (Lipinski definition) is 2. The molecule has 1 fully saturated rings. The van der Waals surface area contributed by atoms with Gasteiger partial charge in [-0.15, -0.1) is 0 Å². The fraction of sp³-hybridized carbons (Fsp3) is 0.421. The van der Waals surface area contributed by atoms with E-state index in [0.717, 1.165) is 13.2 Å². The largest absolute Gasteiger partial charge is 0.492 e. The number of rotatable bonds is 5. The number of methoxy groups -OCH3 is 1. The summed E-state index contributed by atoms with van der Waals surface area (Å²) in [5.41, 5.74) is 2.70. The number of aromatic nitrogens is 1. The lowest BCUT2D eigenvalue weighted by Gasteiger charge is -2.34. The number of halogens is 4. The van der Waals surface area contributed by atoms with Gasteiger partial charge in [-0.2, -0.15) is 13.2 Å². The number of ether oxygens (including phenoxy) is 1. The van der Waals surface area contributed by atoms with E-state index in [1.807, 2.05) is 0 Å². The molecule has 1 aromatic carbocycles. The average Bonchev–Trinajstić information content (AvgIpc) is 2.68. The molecule has 2 heterocycles. The monoisotopic (exact) mass is 445 g/mol. The van der Waals surface area contributed by atoms with Crippen LogP contribution in [0.3, 0.4) is 0 Å². The van der Waals surface area contributed by atoms with E-state index in [4.69, 9.17) is 10.5 Å². The van der Waals surface area contributed by atoms with E-state index < -0.39 is 52.7 Å². The van der Waals surface area contributed by atoms with Crippen molar-refractivity contribution in [2.75, 3.05) is 25.1 Å². The van der Waals surface area contributed by atoms with Crippen LogP contribution in [-0.4, -0.2) is 47.9 Å². The van der Waals surface area contributed by atoms with Gasteiger partial charge in [0.15, 0.2) is 11.6 Å². The molecule has 0 atom stereocenters. The molecule has 1 aliphatic heterocycles. The van der Waals surface area contributed by atoms with E-state index in [9.17, 15) is 32.7 Å². The molecule has 1 aliphatic rings. The summed E-state index contributed by atoms with van der Waals surface area (Å²) in [6.45, 7) is -1.25. The van der Waals surface area contributed by atoms with Crippen molar-refractivity contribution in [2.45, 2.75) is 25.6 Å². The number of carboxylic acids is 1. The predicted molar refractivity (Wildman–Crippen MR) is 102 cm³/mol. The molecular formula is C19H19F4N3O5. The van der Waals surface area contributed by atoms with Crippen LogP contribution in [0.5, 0.6) is 5.75 Å². The number of nitrogens with zero attached hydrogens (tertiary/aromatic N) is 2. The first-order valence-corrected chi connectivity index (χ1v) is 9.22. The quantitative estimate of drug-likeness (QED) is 0.682. The molecule has 1 aromatic heterocycles. The Kier molecular flexibility index (Phi) is 5.83. The summed E-state index contributed by atoms with van der Waals surface area (Å²) in [6.07, 6.45) is -3.56. The maximum atomic E-state index is 15.1. The summed E-state index contributed by atoms with van der Waals surface area (Å²) in [7, 11) is 1.11. The molecule has 1 saturated heterocycles. The van der Waals surface area contributed by atoms with Crippen molar-refractivity contribution >= 4 is 28.5 Å². The lowest BCUT2D eigenvalue weighted by Crippen LogP contribution is -2.39. The highest BCUT2D eigenvalue weighted by molar-refractivity contribution is 5.97. The molecule has 0 spiro atoms. The Morgan fingerprint density at radius 1 is 1.29 bits per heavy atom.